The molecule has 3 rings (SSSR count). The third-order valence-electron chi connectivity index (χ3n) is 3.37. The third kappa shape index (κ3) is 3.41. The van der Waals surface area contributed by atoms with Crippen LogP contribution >= 0.6 is 23.2 Å². The molecule has 0 radical (unpaired) electrons. The summed E-state index contributed by atoms with van der Waals surface area (Å²) >= 11 is 11.9. The largest absolute Gasteiger partial charge is 0.459 e. The molecule has 0 atom stereocenters. The van der Waals surface area contributed by atoms with E-state index < -0.39 is 5.56 Å². The first-order valence-electron chi connectivity index (χ1n) is 6.83. The van der Waals surface area contributed by atoms with Gasteiger partial charge < -0.3 is 9.32 Å². The smallest absolute Gasteiger partial charge is 0.285 e. The van der Waals surface area contributed by atoms with Gasteiger partial charge in [-0.2, -0.15) is 5.10 Å². The Balaban J connectivity index is 1.80. The number of H-pyrrole nitrogens is 1. The molecule has 7 heteroatoms. The van der Waals surface area contributed by atoms with E-state index in [2.05, 4.69) is 10.2 Å². The van der Waals surface area contributed by atoms with Crippen molar-refractivity contribution in [1.29, 1.82) is 0 Å². The summed E-state index contributed by atoms with van der Waals surface area (Å²) in [7, 11) is 1.81. The second-order valence-corrected chi connectivity index (χ2v) is 5.84. The van der Waals surface area contributed by atoms with Crippen LogP contribution in [0, 0.1) is 0 Å². The molecule has 0 aliphatic rings. The zero-order valence-electron chi connectivity index (χ0n) is 12.2. The summed E-state index contributed by atoms with van der Waals surface area (Å²) in [5, 5.41) is 6.83. The average molecular weight is 350 g/mol. The van der Waals surface area contributed by atoms with Gasteiger partial charge in [0.2, 0.25) is 0 Å². The van der Waals surface area contributed by atoms with E-state index in [0.717, 1.165) is 17.1 Å². The van der Waals surface area contributed by atoms with Crippen molar-refractivity contribution in [2.24, 2.45) is 0 Å². The van der Waals surface area contributed by atoms with Gasteiger partial charge in [0.05, 0.1) is 18.4 Å². The highest BCUT2D eigenvalue weighted by Gasteiger charge is 2.12. The predicted molar refractivity (Wildman–Crippen MR) is 91.1 cm³/mol. The van der Waals surface area contributed by atoms with Crippen LogP contribution in [0.15, 0.2) is 51.8 Å². The molecule has 1 aromatic carbocycles. The lowest BCUT2D eigenvalue weighted by Gasteiger charge is -2.17. The number of hydrogen-bond acceptors (Lipinski definition) is 4. The maximum Gasteiger partial charge on any atom is 0.285 e. The molecule has 3 aromatic rings. The minimum absolute atomic E-state index is 0.104. The molecule has 0 aliphatic heterocycles. The fourth-order valence-electron chi connectivity index (χ4n) is 2.19. The molecule has 1 N–H and O–H groups in total. The molecule has 0 spiro atoms. The summed E-state index contributed by atoms with van der Waals surface area (Å²) in [6, 6.07) is 11.2. The van der Waals surface area contributed by atoms with Crippen LogP contribution < -0.4 is 10.5 Å². The first-order valence-corrected chi connectivity index (χ1v) is 7.59. The Morgan fingerprint density at radius 2 is 1.91 bits per heavy atom. The van der Waals surface area contributed by atoms with Gasteiger partial charge in [-0.05, 0) is 36.4 Å². The molecular formula is C16H13Cl2N3O2. The minimum Gasteiger partial charge on any atom is -0.459 e. The Morgan fingerprint density at radius 3 is 2.65 bits per heavy atom. The zero-order valence-corrected chi connectivity index (χ0v) is 13.7. The fraction of sp³-hybridized carbons (Fsp3) is 0.125. The molecule has 5 nitrogen and oxygen atoms in total. The van der Waals surface area contributed by atoms with Crippen molar-refractivity contribution < 1.29 is 4.42 Å². The van der Waals surface area contributed by atoms with Crippen molar-refractivity contribution in [2.45, 2.75) is 6.54 Å². The molecule has 0 bridgehead atoms. The number of rotatable bonds is 4. The molecule has 0 amide bonds. The lowest BCUT2D eigenvalue weighted by atomic mass is 10.2. The number of benzene rings is 1. The van der Waals surface area contributed by atoms with Gasteiger partial charge >= 0.3 is 0 Å². The SMILES string of the molecule is CN(Cc1ccc(-c2ccc(Cl)cc2)o1)c1cn[nH]c(=O)c1Cl. The van der Waals surface area contributed by atoms with Crippen LogP contribution in [-0.4, -0.2) is 17.2 Å². The van der Waals surface area contributed by atoms with Crippen molar-refractivity contribution in [3.05, 3.63) is 68.8 Å². The van der Waals surface area contributed by atoms with E-state index in [-0.39, 0.29) is 5.02 Å². The molecule has 0 fully saturated rings. The van der Waals surface area contributed by atoms with E-state index in [1.165, 1.54) is 6.20 Å². The third-order valence-corrected chi connectivity index (χ3v) is 3.99. The van der Waals surface area contributed by atoms with Gasteiger partial charge in [-0.25, -0.2) is 5.10 Å². The lowest BCUT2D eigenvalue weighted by molar-refractivity contribution is 0.520. The van der Waals surface area contributed by atoms with Crippen LogP contribution in [-0.2, 0) is 6.54 Å². The average Bonchev–Trinajstić information content (AvgIpc) is 2.99. The first-order chi connectivity index (χ1) is 11.0. The highest BCUT2D eigenvalue weighted by atomic mass is 35.5. The van der Waals surface area contributed by atoms with Crippen molar-refractivity contribution in [2.75, 3.05) is 11.9 Å². The molecule has 23 heavy (non-hydrogen) atoms. The van der Waals surface area contributed by atoms with Gasteiger partial charge in [0.1, 0.15) is 16.5 Å². The number of anilines is 1. The number of nitrogens with one attached hydrogen (secondary N) is 1. The molecular weight excluding hydrogens is 337 g/mol. The zero-order chi connectivity index (χ0) is 16.4. The number of hydrogen-bond donors (Lipinski definition) is 1. The number of aromatic amines is 1. The molecule has 2 heterocycles. The molecule has 0 unspecified atom stereocenters. The Hall–Kier alpha value is -2.24. The van der Waals surface area contributed by atoms with E-state index in [4.69, 9.17) is 27.6 Å². The van der Waals surface area contributed by atoms with Crippen LogP contribution in [0.3, 0.4) is 0 Å². The van der Waals surface area contributed by atoms with Crippen LogP contribution in [0.25, 0.3) is 11.3 Å². The van der Waals surface area contributed by atoms with Crippen molar-refractivity contribution in [1.82, 2.24) is 10.2 Å². The van der Waals surface area contributed by atoms with Crippen LogP contribution in [0.1, 0.15) is 5.76 Å². The Labute approximate surface area is 142 Å². The molecule has 2 aromatic heterocycles. The quantitative estimate of drug-likeness (QED) is 0.773. The van der Waals surface area contributed by atoms with Crippen molar-refractivity contribution in [3.8, 4) is 11.3 Å². The fourth-order valence-corrected chi connectivity index (χ4v) is 2.55. The van der Waals surface area contributed by atoms with E-state index >= 15 is 0 Å². The van der Waals surface area contributed by atoms with Gasteiger partial charge in [-0.1, -0.05) is 23.2 Å². The maximum absolute atomic E-state index is 11.5. The summed E-state index contributed by atoms with van der Waals surface area (Å²) in [6.45, 7) is 0.457. The maximum atomic E-state index is 11.5. The van der Waals surface area contributed by atoms with Crippen LogP contribution in [0.5, 0.6) is 0 Å². The van der Waals surface area contributed by atoms with Crippen LogP contribution in [0.2, 0.25) is 10.0 Å². The summed E-state index contributed by atoms with van der Waals surface area (Å²) < 4.78 is 5.84. The van der Waals surface area contributed by atoms with Gasteiger partial charge in [0.15, 0.2) is 0 Å². The second kappa shape index (κ2) is 6.48. The normalized spacial score (nSPS) is 10.7. The number of nitrogens with zero attached hydrogens (tertiary/aromatic N) is 2. The predicted octanol–water partition coefficient (Wildman–Crippen LogP) is 3.97. The van der Waals surface area contributed by atoms with Gasteiger partial charge in [0.25, 0.3) is 5.56 Å². The minimum atomic E-state index is -0.419. The summed E-state index contributed by atoms with van der Waals surface area (Å²) in [6.07, 6.45) is 1.51. The van der Waals surface area contributed by atoms with Gasteiger partial charge in [-0.3, -0.25) is 4.79 Å². The standard InChI is InChI=1S/C16H13Cl2N3O2/c1-21(13-8-19-20-16(22)15(13)18)9-12-6-7-14(23-12)10-2-4-11(17)5-3-10/h2-8H,9H2,1H3,(H,20,22). The highest BCUT2D eigenvalue weighted by molar-refractivity contribution is 6.33. The van der Waals surface area contributed by atoms with Crippen LogP contribution in [0.4, 0.5) is 5.69 Å². The monoisotopic (exact) mass is 349 g/mol. The number of aromatic nitrogens is 2. The summed E-state index contributed by atoms with van der Waals surface area (Å²) in [4.78, 5) is 13.3. The van der Waals surface area contributed by atoms with Crippen molar-refractivity contribution >= 4 is 28.9 Å². The van der Waals surface area contributed by atoms with E-state index in [1.54, 1.807) is 4.90 Å². The molecule has 0 saturated heterocycles. The highest BCUT2D eigenvalue weighted by Crippen LogP contribution is 2.26. The lowest BCUT2D eigenvalue weighted by Crippen LogP contribution is -2.20. The van der Waals surface area contributed by atoms with Crippen molar-refractivity contribution in [3.63, 3.8) is 0 Å². The second-order valence-electron chi connectivity index (χ2n) is 5.03. The molecule has 0 aliphatic carbocycles. The molecule has 0 saturated carbocycles. The Morgan fingerprint density at radius 1 is 1.17 bits per heavy atom. The van der Waals surface area contributed by atoms with E-state index in [9.17, 15) is 4.79 Å². The number of halogens is 2. The van der Waals surface area contributed by atoms with Gasteiger partial charge in [-0.15, -0.1) is 0 Å². The Kier molecular flexibility index (Phi) is 4.41. The van der Waals surface area contributed by atoms with E-state index in [1.807, 2.05) is 43.4 Å². The molecule has 118 valence electrons. The number of furan rings is 1. The first kappa shape index (κ1) is 15.6. The topological polar surface area (TPSA) is 62.1 Å². The summed E-state index contributed by atoms with van der Waals surface area (Å²) in [5.41, 5.74) is 1.07. The Bertz CT molecular complexity index is 872. The summed E-state index contributed by atoms with van der Waals surface area (Å²) in [5.74, 6) is 1.49. The van der Waals surface area contributed by atoms with Gasteiger partial charge in [0, 0.05) is 17.6 Å². The van der Waals surface area contributed by atoms with E-state index in [0.29, 0.717) is 17.3 Å².